The van der Waals surface area contributed by atoms with Crippen LogP contribution in [0, 0.1) is 73.9 Å². The van der Waals surface area contributed by atoms with Crippen LogP contribution in [0.3, 0.4) is 0 Å². The van der Waals surface area contributed by atoms with Crippen LogP contribution in [-0.4, -0.2) is 24.2 Å². The first kappa shape index (κ1) is 75.7. The molecule has 115 heavy (non-hydrogen) atoms. The third-order valence-corrected chi connectivity index (χ3v) is 37.1. The molecule has 0 saturated carbocycles. The quantitative estimate of drug-likeness (QED) is 0.0779. The van der Waals surface area contributed by atoms with E-state index >= 15 is 0 Å². The number of halogens is 2. The van der Waals surface area contributed by atoms with Gasteiger partial charge in [0, 0.05) is 96.5 Å². The second-order valence-corrected chi connectivity index (χ2v) is 45.9. The maximum absolute atomic E-state index is 14.4. The van der Waals surface area contributed by atoms with Gasteiger partial charge >= 0.3 is 0 Å². The lowest BCUT2D eigenvalue weighted by molar-refractivity contribution is -0.633. The van der Waals surface area contributed by atoms with Gasteiger partial charge in [0.05, 0.1) is 16.7 Å². The number of hydrogen-bond donors (Lipinski definition) is 0. The summed E-state index contributed by atoms with van der Waals surface area (Å²) in [5, 5.41) is 20.1. The predicted octanol–water partition coefficient (Wildman–Crippen LogP) is 21.5. The summed E-state index contributed by atoms with van der Waals surface area (Å²) in [4.78, 5) is 0. The van der Waals surface area contributed by atoms with E-state index in [1.807, 2.05) is 18.2 Å². The Kier molecular flexibility index (Phi) is 19.2. The van der Waals surface area contributed by atoms with E-state index in [0.29, 0.717) is 16.7 Å². The van der Waals surface area contributed by atoms with E-state index in [-0.39, 0.29) is 11.6 Å². The first-order chi connectivity index (χ1) is 55.2. The first-order valence-corrected chi connectivity index (χ1v) is 48.4. The lowest BCUT2D eigenvalue weighted by Gasteiger charge is -2.29. The van der Waals surface area contributed by atoms with Gasteiger partial charge in [-0.1, -0.05) is 223 Å². The number of aromatic nitrogens is 3. The number of fused-ring (bicyclic) bond motifs is 12. The molecule has 0 aliphatic carbocycles. The van der Waals surface area contributed by atoms with Gasteiger partial charge < -0.3 is 13.3 Å². The highest BCUT2D eigenvalue weighted by atomic mass is 28.3. The van der Waals surface area contributed by atoms with Crippen LogP contribution >= 0.6 is 0 Å². The zero-order chi connectivity index (χ0) is 80.4. The molecule has 11 heteroatoms. The normalized spacial score (nSPS) is 12.1. The minimum Gasteiger partial charge on any atom is -0.455 e. The number of para-hydroxylation sites is 1. The molecule has 0 fully saturated rings. The molecule has 0 unspecified atom stereocenters. The minimum absolute atomic E-state index is 0.239. The Labute approximate surface area is 674 Å². The van der Waals surface area contributed by atoms with Crippen molar-refractivity contribution in [3.63, 3.8) is 0 Å². The molecule has 6 nitrogen and oxygen atoms in total. The average Bonchev–Trinajstić information content (AvgIpc) is 1.72. The average molecular weight is 1560 g/mol. The van der Waals surface area contributed by atoms with Gasteiger partial charge in [-0.05, 0) is 183 Å². The molecule has 6 aromatic heterocycles. The third-order valence-electron chi connectivity index (χ3n) is 25.6. The Morgan fingerprint density at radius 2 is 0.626 bits per heavy atom. The Bertz CT molecular complexity index is 7110. The number of benzene rings is 13. The smallest absolute Gasteiger partial charge is 0.217 e. The van der Waals surface area contributed by atoms with Crippen LogP contribution in [0.4, 0.5) is 8.78 Å². The molecule has 0 amide bonds. The van der Waals surface area contributed by atoms with Crippen LogP contribution < -0.4 is 50.0 Å². The van der Waals surface area contributed by atoms with Crippen molar-refractivity contribution in [1.29, 1.82) is 0 Å². The maximum Gasteiger partial charge on any atom is 0.217 e. The summed E-state index contributed by atoms with van der Waals surface area (Å²) < 4.78 is 54.6. The Morgan fingerprint density at radius 3 is 1.12 bits per heavy atom. The highest BCUT2D eigenvalue weighted by Crippen LogP contribution is 2.44. The fourth-order valence-corrected chi connectivity index (χ4v) is 26.4. The number of aryl methyl sites for hydroxylation is 10. The summed E-state index contributed by atoms with van der Waals surface area (Å²) in [7, 11) is 0.601. The van der Waals surface area contributed by atoms with Crippen LogP contribution in [0.2, 0.25) is 32.7 Å². The second kappa shape index (κ2) is 29.1. The molecule has 0 atom stereocenters. The summed E-state index contributed by atoms with van der Waals surface area (Å²) in [5.41, 5.74) is 25.3. The molecule has 19 aromatic rings. The van der Waals surface area contributed by atoms with Crippen LogP contribution in [0.15, 0.2) is 286 Å². The van der Waals surface area contributed by atoms with E-state index in [1.165, 1.54) is 131 Å². The molecular formula is C104H96F2N3O3Si3+3. The topological polar surface area (TPSA) is 51.1 Å². The SMILES string of the molecule is Cc1cc2c(oc3c(C)c(F)ccc32)c(-c2cc(C)c3cc([Si](C)(C)c4ccccc4)ccc3[n+]2C)c1C.Cc1cc2c(oc3cc(F)ccc32)c(-c2cc(C)c3cc([Si](C)(C)c4ccccc4)ccc3[n+]2C)c1C.Cc1ccc2c(oc3ccccc32)c1-c1cc(C)c2cc([Si](C)(c3ccccc3)c3ccccc3)ccc2[n+]1C. The molecule has 0 saturated heterocycles. The molecule has 0 radical (unpaired) electrons. The summed E-state index contributed by atoms with van der Waals surface area (Å²) in [6.07, 6.45) is 0. The predicted molar refractivity (Wildman–Crippen MR) is 486 cm³/mol. The summed E-state index contributed by atoms with van der Waals surface area (Å²) in [6, 6.07) is 97.2. The zero-order valence-electron chi connectivity index (χ0n) is 68.8. The number of hydrogen-bond acceptors (Lipinski definition) is 3. The standard InChI is InChI=1S/C37H32NOSi.C34H33FNOSi.C33H31FNOSi/c1-25-19-21-31-30-17-11-12-18-35(30)39-37(31)36(25)34-23-26(2)32-24-29(20-22-33(32)38(34)3)40(4,27-13-7-5-8-14-27)28-15-9-6-10-16-28;1-20-17-28-26-14-15-29(35)23(4)33(26)37-34(28)32(22(20)3)31-18-21(2)27-19-25(13-16-30(27)36(31)5)38(6,7)24-11-9-8-10-12-24;1-20-16-28-26-14-12-23(34)18-31(26)36-33(28)32(22(20)3)30-17-21(2)27-19-25(13-15-29(27)35(30)4)37(5,6)24-10-8-7-9-11-24/h5-24H,1-4H3;8-19H,1-7H3;7-19H,1-6H3/q3*+1. The molecule has 0 aliphatic rings. The zero-order valence-corrected chi connectivity index (χ0v) is 71.8. The van der Waals surface area contributed by atoms with Crippen molar-refractivity contribution in [2.24, 2.45) is 21.1 Å². The lowest BCUT2D eigenvalue weighted by atomic mass is 9.94. The van der Waals surface area contributed by atoms with Crippen molar-refractivity contribution >= 4 is 159 Å². The van der Waals surface area contributed by atoms with Crippen molar-refractivity contribution in [1.82, 2.24) is 0 Å². The molecule has 0 N–H and O–H groups in total. The molecule has 0 spiro atoms. The van der Waals surface area contributed by atoms with Gasteiger partial charge in [-0.2, -0.15) is 13.7 Å². The Hall–Kier alpha value is -12.0. The van der Waals surface area contributed by atoms with Gasteiger partial charge in [0.15, 0.2) is 0 Å². The van der Waals surface area contributed by atoms with Gasteiger partial charge in [-0.25, -0.2) is 8.78 Å². The van der Waals surface area contributed by atoms with Crippen LogP contribution in [0.5, 0.6) is 0 Å². The van der Waals surface area contributed by atoms with E-state index in [9.17, 15) is 8.78 Å². The van der Waals surface area contributed by atoms with Crippen molar-refractivity contribution in [3.05, 3.63) is 335 Å². The van der Waals surface area contributed by atoms with Crippen molar-refractivity contribution < 1.29 is 35.7 Å². The van der Waals surface area contributed by atoms with Gasteiger partial charge in [0.2, 0.25) is 33.6 Å². The molecular weight excluding hydrogens is 1460 g/mol. The van der Waals surface area contributed by atoms with Gasteiger partial charge in [0.1, 0.15) is 90.5 Å². The molecule has 0 aliphatic heterocycles. The van der Waals surface area contributed by atoms with Gasteiger partial charge in [-0.3, -0.25) is 0 Å². The van der Waals surface area contributed by atoms with Gasteiger partial charge in [0.25, 0.3) is 0 Å². The molecule has 19 rings (SSSR count). The minimum atomic E-state index is -2.20. The lowest BCUT2D eigenvalue weighted by Crippen LogP contribution is -2.64. The summed E-state index contributed by atoms with van der Waals surface area (Å²) >= 11 is 0. The Balaban J connectivity index is 0.000000124. The van der Waals surface area contributed by atoms with Crippen molar-refractivity contribution in [2.45, 2.75) is 95.0 Å². The fourth-order valence-electron chi connectivity index (χ4n) is 18.1. The first-order valence-electron chi connectivity index (χ1n) is 39.9. The maximum atomic E-state index is 14.4. The van der Waals surface area contributed by atoms with E-state index in [2.05, 4.69) is 360 Å². The number of nitrogens with zero attached hydrogens (tertiary/aromatic N) is 3. The number of furan rings is 3. The van der Waals surface area contributed by atoms with E-state index in [0.717, 1.165) is 82.7 Å². The highest BCUT2D eigenvalue weighted by Gasteiger charge is 2.37. The molecule has 6 heterocycles. The van der Waals surface area contributed by atoms with Crippen LogP contribution in [-0.2, 0) is 21.1 Å². The van der Waals surface area contributed by atoms with Crippen molar-refractivity contribution in [3.8, 4) is 33.8 Å². The highest BCUT2D eigenvalue weighted by molar-refractivity contribution is 7.10. The fraction of sp³-hybridized carbons (Fsp3) is 0.163. The van der Waals surface area contributed by atoms with Gasteiger partial charge in [-0.15, -0.1) is 0 Å². The second-order valence-electron chi connectivity index (χ2n) is 33.1. The summed E-state index contributed by atoms with van der Waals surface area (Å²) in [5.74, 6) is -0.525. The van der Waals surface area contributed by atoms with E-state index in [1.54, 1.807) is 13.0 Å². The monoisotopic (exact) mass is 1560 g/mol. The largest absolute Gasteiger partial charge is 0.455 e. The van der Waals surface area contributed by atoms with Crippen molar-refractivity contribution in [2.75, 3.05) is 0 Å². The van der Waals surface area contributed by atoms with E-state index in [4.69, 9.17) is 13.3 Å². The number of rotatable bonds is 10. The summed E-state index contributed by atoms with van der Waals surface area (Å²) in [6.45, 7) is 31.4. The van der Waals surface area contributed by atoms with E-state index < -0.39 is 24.2 Å². The molecule has 13 aromatic carbocycles. The molecule has 568 valence electrons. The third kappa shape index (κ3) is 12.7. The van der Waals surface area contributed by atoms with Crippen LogP contribution in [0.1, 0.15) is 50.1 Å². The molecule has 0 bridgehead atoms. The Morgan fingerprint density at radius 1 is 0.252 bits per heavy atom. The number of pyridine rings is 3. The van der Waals surface area contributed by atoms with Crippen LogP contribution in [0.25, 0.3) is 132 Å².